The van der Waals surface area contributed by atoms with E-state index >= 15 is 0 Å². The lowest BCUT2D eigenvalue weighted by atomic mass is 10.1. The molecule has 0 aliphatic carbocycles. The van der Waals surface area contributed by atoms with Crippen molar-refractivity contribution in [3.05, 3.63) is 20.5 Å². The molecule has 0 unspecified atom stereocenters. The molecule has 0 aliphatic rings. The van der Waals surface area contributed by atoms with Crippen LogP contribution in [0.25, 0.3) is 0 Å². The third-order valence-electron chi connectivity index (χ3n) is 2.07. The third kappa shape index (κ3) is 3.15. The van der Waals surface area contributed by atoms with E-state index in [4.69, 9.17) is 9.47 Å². The Bertz CT molecular complexity index is 433. The van der Waals surface area contributed by atoms with E-state index in [0.29, 0.717) is 9.39 Å². The summed E-state index contributed by atoms with van der Waals surface area (Å²) in [5, 5.41) is 7.63. The molecule has 0 aromatic carbocycles. The van der Waals surface area contributed by atoms with E-state index in [2.05, 4.69) is 10.2 Å². The molecule has 0 saturated heterocycles. The first-order valence-electron chi connectivity index (χ1n) is 5.39. The highest BCUT2D eigenvalue weighted by Gasteiger charge is 2.26. The Labute approximate surface area is 118 Å². The summed E-state index contributed by atoms with van der Waals surface area (Å²) in [7, 11) is 0. The van der Waals surface area contributed by atoms with Crippen LogP contribution in [0.5, 0.6) is 0 Å². The average molecular weight is 364 g/mol. The van der Waals surface area contributed by atoms with Gasteiger partial charge in [-0.05, 0) is 43.4 Å². The van der Waals surface area contributed by atoms with Crippen molar-refractivity contribution in [2.24, 2.45) is 0 Å². The van der Waals surface area contributed by atoms with E-state index in [9.17, 15) is 9.59 Å². The summed E-state index contributed by atoms with van der Waals surface area (Å²) in [5.41, 5.74) is 0.579. The molecule has 0 N–H and O–H groups in total. The number of hydrogen-bond acceptors (Lipinski definition) is 6. The fourth-order valence-corrected chi connectivity index (χ4v) is 1.94. The van der Waals surface area contributed by atoms with Gasteiger partial charge in [-0.1, -0.05) is 0 Å². The second-order valence-electron chi connectivity index (χ2n) is 3.27. The molecular weight excluding hydrogens is 351 g/mol. The van der Waals surface area contributed by atoms with Gasteiger partial charge in [0.1, 0.15) is 9.26 Å². The number of nitrogens with zero attached hydrogens (tertiary/aromatic N) is 2. The number of halogens is 1. The summed E-state index contributed by atoms with van der Waals surface area (Å²) in [4.78, 5) is 23.7. The van der Waals surface area contributed by atoms with Crippen LogP contribution in [-0.2, 0) is 9.47 Å². The molecule has 1 heterocycles. The first-order valence-corrected chi connectivity index (χ1v) is 6.47. The maximum absolute atomic E-state index is 11.8. The lowest BCUT2D eigenvalue weighted by Gasteiger charge is -2.10. The maximum Gasteiger partial charge on any atom is 0.341 e. The standard InChI is InChI=1S/C11H13IN2O4/c1-4-17-10(15)7-6(3)13-14-9(12)8(7)11(16)18-5-2/h4-5H2,1-3H3. The van der Waals surface area contributed by atoms with E-state index in [0.717, 1.165) is 0 Å². The Balaban J connectivity index is 3.33. The van der Waals surface area contributed by atoms with Crippen molar-refractivity contribution in [2.75, 3.05) is 13.2 Å². The fraction of sp³-hybridized carbons (Fsp3) is 0.455. The van der Waals surface area contributed by atoms with Crippen LogP contribution in [0.2, 0.25) is 0 Å². The molecule has 0 radical (unpaired) electrons. The second-order valence-corrected chi connectivity index (χ2v) is 4.29. The summed E-state index contributed by atoms with van der Waals surface area (Å²) in [5.74, 6) is -1.19. The van der Waals surface area contributed by atoms with Crippen LogP contribution in [0, 0.1) is 10.6 Å². The number of carbonyl (C=O) groups is 2. The Morgan fingerprint density at radius 3 is 2.06 bits per heavy atom. The number of esters is 2. The van der Waals surface area contributed by atoms with Crippen molar-refractivity contribution in [3.8, 4) is 0 Å². The lowest BCUT2D eigenvalue weighted by Crippen LogP contribution is -2.19. The van der Waals surface area contributed by atoms with Crippen molar-refractivity contribution < 1.29 is 19.1 Å². The SMILES string of the molecule is CCOC(=O)c1c(C)nnc(I)c1C(=O)OCC. The fourth-order valence-electron chi connectivity index (χ4n) is 1.35. The molecule has 0 saturated carbocycles. The van der Waals surface area contributed by atoms with Crippen molar-refractivity contribution in [1.82, 2.24) is 10.2 Å². The second kappa shape index (κ2) is 6.62. The van der Waals surface area contributed by atoms with Gasteiger partial charge in [-0.15, -0.1) is 5.10 Å². The van der Waals surface area contributed by atoms with Crippen LogP contribution in [0.1, 0.15) is 40.3 Å². The van der Waals surface area contributed by atoms with Crippen LogP contribution in [-0.4, -0.2) is 35.3 Å². The minimum atomic E-state index is -0.594. The number of ether oxygens (including phenoxy) is 2. The summed E-state index contributed by atoms with van der Waals surface area (Å²) in [6.45, 7) is 5.42. The van der Waals surface area contributed by atoms with Gasteiger partial charge < -0.3 is 9.47 Å². The molecular formula is C11H13IN2O4. The summed E-state index contributed by atoms with van der Waals surface area (Å²) in [6.07, 6.45) is 0. The maximum atomic E-state index is 11.8. The molecule has 18 heavy (non-hydrogen) atoms. The number of rotatable bonds is 4. The molecule has 7 heteroatoms. The quantitative estimate of drug-likeness (QED) is 0.598. The Morgan fingerprint density at radius 1 is 1.06 bits per heavy atom. The number of hydrogen-bond donors (Lipinski definition) is 0. The molecule has 0 fully saturated rings. The molecule has 0 spiro atoms. The molecule has 0 bridgehead atoms. The Morgan fingerprint density at radius 2 is 1.56 bits per heavy atom. The molecule has 1 aromatic heterocycles. The molecule has 98 valence electrons. The molecule has 0 aliphatic heterocycles. The Kier molecular flexibility index (Phi) is 5.45. The predicted molar refractivity (Wildman–Crippen MR) is 71.4 cm³/mol. The topological polar surface area (TPSA) is 78.4 Å². The van der Waals surface area contributed by atoms with Crippen LogP contribution in [0.4, 0.5) is 0 Å². The normalized spacial score (nSPS) is 10.0. The van der Waals surface area contributed by atoms with E-state index in [1.807, 2.05) is 22.6 Å². The van der Waals surface area contributed by atoms with E-state index in [1.165, 1.54) is 0 Å². The zero-order valence-corrected chi connectivity index (χ0v) is 12.5. The van der Waals surface area contributed by atoms with Gasteiger partial charge in [-0.25, -0.2) is 9.59 Å². The van der Waals surface area contributed by atoms with Gasteiger partial charge in [-0.3, -0.25) is 0 Å². The summed E-state index contributed by atoms with van der Waals surface area (Å²) in [6, 6.07) is 0. The number of aromatic nitrogens is 2. The summed E-state index contributed by atoms with van der Waals surface area (Å²) < 4.78 is 10.1. The predicted octanol–water partition coefficient (Wildman–Crippen LogP) is 1.74. The minimum absolute atomic E-state index is 0.114. The third-order valence-corrected chi connectivity index (χ3v) is 2.82. The number of carbonyl (C=O) groups excluding carboxylic acids is 2. The summed E-state index contributed by atoms with van der Waals surface area (Å²) >= 11 is 1.84. The van der Waals surface area contributed by atoms with E-state index in [-0.39, 0.29) is 24.3 Å². The van der Waals surface area contributed by atoms with Gasteiger partial charge >= 0.3 is 11.9 Å². The van der Waals surface area contributed by atoms with E-state index < -0.39 is 11.9 Å². The van der Waals surface area contributed by atoms with Crippen LogP contribution < -0.4 is 0 Å². The molecule has 1 aromatic rings. The lowest BCUT2D eigenvalue weighted by molar-refractivity contribution is 0.0475. The monoisotopic (exact) mass is 364 g/mol. The highest BCUT2D eigenvalue weighted by molar-refractivity contribution is 14.1. The van der Waals surface area contributed by atoms with Gasteiger partial charge in [-0.2, -0.15) is 5.10 Å². The van der Waals surface area contributed by atoms with Gasteiger partial charge in [0.25, 0.3) is 0 Å². The molecule has 1 rings (SSSR count). The van der Waals surface area contributed by atoms with Gasteiger partial charge in [0.15, 0.2) is 0 Å². The van der Waals surface area contributed by atoms with Crippen molar-refractivity contribution in [3.63, 3.8) is 0 Å². The molecule has 0 atom stereocenters. The first kappa shape index (κ1) is 14.8. The minimum Gasteiger partial charge on any atom is -0.462 e. The highest BCUT2D eigenvalue weighted by atomic mass is 127. The number of aryl methyl sites for hydroxylation is 1. The van der Waals surface area contributed by atoms with Crippen molar-refractivity contribution >= 4 is 34.5 Å². The van der Waals surface area contributed by atoms with E-state index in [1.54, 1.807) is 20.8 Å². The van der Waals surface area contributed by atoms with Crippen LogP contribution >= 0.6 is 22.6 Å². The van der Waals surface area contributed by atoms with Crippen LogP contribution in [0.15, 0.2) is 0 Å². The van der Waals surface area contributed by atoms with Gasteiger partial charge in [0.05, 0.1) is 24.5 Å². The molecule has 6 nitrogen and oxygen atoms in total. The van der Waals surface area contributed by atoms with Crippen molar-refractivity contribution in [1.29, 1.82) is 0 Å². The van der Waals surface area contributed by atoms with Gasteiger partial charge in [0, 0.05) is 0 Å². The van der Waals surface area contributed by atoms with Crippen LogP contribution in [0.3, 0.4) is 0 Å². The zero-order chi connectivity index (χ0) is 13.7. The van der Waals surface area contributed by atoms with Crippen molar-refractivity contribution in [2.45, 2.75) is 20.8 Å². The highest BCUT2D eigenvalue weighted by Crippen LogP contribution is 2.19. The van der Waals surface area contributed by atoms with Gasteiger partial charge in [0.2, 0.25) is 0 Å². The largest absolute Gasteiger partial charge is 0.462 e. The zero-order valence-electron chi connectivity index (χ0n) is 10.3. The first-order chi connectivity index (χ1) is 8.52. The Hall–Kier alpha value is -1.25. The smallest absolute Gasteiger partial charge is 0.341 e. The molecule has 0 amide bonds. The average Bonchev–Trinajstić information content (AvgIpc) is 2.32.